The zero-order valence-electron chi connectivity index (χ0n) is 14.9. The summed E-state index contributed by atoms with van der Waals surface area (Å²) in [5.41, 5.74) is 9.82. The number of para-hydroxylation sites is 1. The van der Waals surface area contributed by atoms with Gasteiger partial charge in [-0.2, -0.15) is 0 Å². The molecule has 2 aromatic carbocycles. The standard InChI is InChI=1S/C20H16Cl2N6/c1-11-8-9-12-4-2-7-15(18(12)26-11)28-20-17(23)19(24-10-25-20)27-14-6-3-5-13(21)16(14)22/h2-10H,23H2,1H3,(H2,24,25,27,28). The van der Waals surface area contributed by atoms with Gasteiger partial charge in [0.25, 0.3) is 0 Å². The normalized spacial score (nSPS) is 10.8. The van der Waals surface area contributed by atoms with Crippen molar-refractivity contribution in [3.63, 3.8) is 0 Å². The molecule has 0 fully saturated rings. The highest BCUT2D eigenvalue weighted by molar-refractivity contribution is 6.43. The SMILES string of the molecule is Cc1ccc2cccc(Nc3ncnc(Nc4cccc(Cl)c4Cl)c3N)c2n1. The van der Waals surface area contributed by atoms with E-state index >= 15 is 0 Å². The van der Waals surface area contributed by atoms with Gasteiger partial charge in [-0.25, -0.2) is 9.97 Å². The summed E-state index contributed by atoms with van der Waals surface area (Å²) in [5.74, 6) is 0.887. The number of anilines is 5. The van der Waals surface area contributed by atoms with Crippen LogP contribution in [-0.2, 0) is 0 Å². The Morgan fingerprint density at radius 1 is 0.857 bits per heavy atom. The molecule has 0 aliphatic rings. The van der Waals surface area contributed by atoms with E-state index in [1.54, 1.807) is 18.2 Å². The molecular weight excluding hydrogens is 395 g/mol. The van der Waals surface area contributed by atoms with Crippen molar-refractivity contribution in [3.05, 3.63) is 70.6 Å². The smallest absolute Gasteiger partial charge is 0.159 e. The molecule has 0 saturated carbocycles. The van der Waals surface area contributed by atoms with Gasteiger partial charge in [0.1, 0.15) is 12.0 Å². The first-order valence-corrected chi connectivity index (χ1v) is 9.23. The van der Waals surface area contributed by atoms with Crippen molar-refractivity contribution < 1.29 is 0 Å². The fraction of sp³-hybridized carbons (Fsp3) is 0.0500. The maximum Gasteiger partial charge on any atom is 0.159 e. The van der Waals surface area contributed by atoms with Gasteiger partial charge in [-0.15, -0.1) is 0 Å². The molecule has 0 bridgehead atoms. The Balaban J connectivity index is 1.70. The molecule has 0 saturated heterocycles. The summed E-state index contributed by atoms with van der Waals surface area (Å²) < 4.78 is 0. The molecule has 4 rings (SSSR count). The predicted octanol–water partition coefficient (Wildman–Crippen LogP) is 5.71. The average molecular weight is 411 g/mol. The Bertz CT molecular complexity index is 1180. The van der Waals surface area contributed by atoms with Crippen LogP contribution in [0.3, 0.4) is 0 Å². The van der Waals surface area contributed by atoms with E-state index in [1.807, 2.05) is 37.3 Å². The number of aromatic nitrogens is 3. The summed E-state index contributed by atoms with van der Waals surface area (Å²) >= 11 is 12.3. The third-order valence-corrected chi connectivity index (χ3v) is 5.02. The lowest BCUT2D eigenvalue weighted by atomic mass is 10.1. The first-order chi connectivity index (χ1) is 13.5. The average Bonchev–Trinajstić information content (AvgIpc) is 2.69. The Morgan fingerprint density at radius 2 is 1.54 bits per heavy atom. The molecule has 6 nitrogen and oxygen atoms in total. The van der Waals surface area contributed by atoms with E-state index in [0.29, 0.717) is 33.1 Å². The summed E-state index contributed by atoms with van der Waals surface area (Å²) in [6.45, 7) is 1.95. The lowest BCUT2D eigenvalue weighted by Gasteiger charge is -2.14. The summed E-state index contributed by atoms with van der Waals surface area (Å²) in [6.07, 6.45) is 1.42. The van der Waals surface area contributed by atoms with Crippen LogP contribution in [-0.4, -0.2) is 15.0 Å². The number of hydrogen-bond donors (Lipinski definition) is 3. The number of halogens is 2. The van der Waals surface area contributed by atoms with Crippen molar-refractivity contribution in [2.75, 3.05) is 16.4 Å². The minimum Gasteiger partial charge on any atom is -0.393 e. The van der Waals surface area contributed by atoms with Crippen LogP contribution in [0, 0.1) is 6.92 Å². The maximum atomic E-state index is 6.29. The van der Waals surface area contributed by atoms with Gasteiger partial charge in [0, 0.05) is 11.1 Å². The minimum atomic E-state index is 0.350. The third-order valence-electron chi connectivity index (χ3n) is 4.20. The molecule has 4 N–H and O–H groups in total. The molecule has 0 aliphatic heterocycles. The number of nitrogens with one attached hydrogen (secondary N) is 2. The summed E-state index contributed by atoms with van der Waals surface area (Å²) in [5, 5.41) is 8.22. The molecule has 0 atom stereocenters. The predicted molar refractivity (Wildman–Crippen MR) is 116 cm³/mol. The van der Waals surface area contributed by atoms with Crippen LogP contribution in [0.2, 0.25) is 10.0 Å². The fourth-order valence-corrected chi connectivity index (χ4v) is 3.14. The van der Waals surface area contributed by atoms with Crippen LogP contribution in [0.25, 0.3) is 10.9 Å². The first kappa shape index (κ1) is 18.3. The quantitative estimate of drug-likeness (QED) is 0.399. The van der Waals surface area contributed by atoms with E-state index in [0.717, 1.165) is 22.3 Å². The van der Waals surface area contributed by atoms with E-state index in [4.69, 9.17) is 28.9 Å². The lowest BCUT2D eigenvalue weighted by molar-refractivity contribution is 1.17. The molecule has 0 unspecified atom stereocenters. The number of pyridine rings is 1. The zero-order valence-corrected chi connectivity index (χ0v) is 16.4. The van der Waals surface area contributed by atoms with Gasteiger partial charge >= 0.3 is 0 Å². The second-order valence-corrected chi connectivity index (χ2v) is 6.95. The Kier molecular flexibility index (Phi) is 4.90. The molecule has 0 amide bonds. The number of rotatable bonds is 4. The zero-order chi connectivity index (χ0) is 19.7. The van der Waals surface area contributed by atoms with Crippen molar-refractivity contribution in [1.82, 2.24) is 15.0 Å². The molecule has 4 aromatic rings. The van der Waals surface area contributed by atoms with Crippen LogP contribution in [0.4, 0.5) is 28.7 Å². The number of nitrogens with zero attached hydrogens (tertiary/aromatic N) is 3. The molecule has 2 aromatic heterocycles. The van der Waals surface area contributed by atoms with Crippen LogP contribution < -0.4 is 16.4 Å². The highest BCUT2D eigenvalue weighted by atomic mass is 35.5. The second kappa shape index (κ2) is 7.50. The van der Waals surface area contributed by atoms with Gasteiger partial charge in [0.2, 0.25) is 0 Å². The second-order valence-electron chi connectivity index (χ2n) is 6.17. The molecule has 140 valence electrons. The molecule has 0 aliphatic carbocycles. The number of hydrogen-bond acceptors (Lipinski definition) is 6. The van der Waals surface area contributed by atoms with E-state index in [-0.39, 0.29) is 0 Å². The number of nitrogens with two attached hydrogens (primary N) is 1. The summed E-state index contributed by atoms with van der Waals surface area (Å²) in [7, 11) is 0. The van der Waals surface area contributed by atoms with Gasteiger partial charge in [0.05, 0.1) is 26.9 Å². The van der Waals surface area contributed by atoms with Gasteiger partial charge in [-0.1, -0.05) is 47.5 Å². The summed E-state index contributed by atoms with van der Waals surface area (Å²) in [6, 6.07) is 15.2. The molecule has 28 heavy (non-hydrogen) atoms. The van der Waals surface area contributed by atoms with Crippen molar-refractivity contribution >= 4 is 62.8 Å². The molecular formula is C20H16Cl2N6. The van der Waals surface area contributed by atoms with Gasteiger partial charge in [-0.3, -0.25) is 4.98 Å². The van der Waals surface area contributed by atoms with Crippen LogP contribution in [0.1, 0.15) is 5.69 Å². The van der Waals surface area contributed by atoms with Gasteiger partial charge < -0.3 is 16.4 Å². The molecule has 8 heteroatoms. The van der Waals surface area contributed by atoms with Gasteiger partial charge in [-0.05, 0) is 31.2 Å². The third kappa shape index (κ3) is 3.52. The number of nitrogen functional groups attached to an aromatic ring is 1. The van der Waals surface area contributed by atoms with Crippen LogP contribution in [0.15, 0.2) is 54.9 Å². The monoisotopic (exact) mass is 410 g/mol. The topological polar surface area (TPSA) is 88.8 Å². The van der Waals surface area contributed by atoms with Crippen molar-refractivity contribution in [2.45, 2.75) is 6.92 Å². The van der Waals surface area contributed by atoms with E-state index in [9.17, 15) is 0 Å². The molecule has 0 radical (unpaired) electrons. The lowest BCUT2D eigenvalue weighted by Crippen LogP contribution is -2.06. The van der Waals surface area contributed by atoms with E-state index < -0.39 is 0 Å². The van der Waals surface area contributed by atoms with E-state index in [1.165, 1.54) is 6.33 Å². The van der Waals surface area contributed by atoms with Gasteiger partial charge in [0.15, 0.2) is 11.6 Å². The molecule has 0 spiro atoms. The summed E-state index contributed by atoms with van der Waals surface area (Å²) in [4.78, 5) is 13.1. The Morgan fingerprint density at radius 3 is 2.32 bits per heavy atom. The largest absolute Gasteiger partial charge is 0.393 e. The fourth-order valence-electron chi connectivity index (χ4n) is 2.80. The van der Waals surface area contributed by atoms with E-state index in [2.05, 4.69) is 25.6 Å². The number of benzene rings is 2. The molecule has 2 heterocycles. The highest BCUT2D eigenvalue weighted by Crippen LogP contribution is 2.35. The Hall–Kier alpha value is -3.09. The minimum absolute atomic E-state index is 0.350. The van der Waals surface area contributed by atoms with Crippen LogP contribution in [0.5, 0.6) is 0 Å². The van der Waals surface area contributed by atoms with Crippen molar-refractivity contribution in [3.8, 4) is 0 Å². The first-order valence-electron chi connectivity index (χ1n) is 8.48. The Labute approximate surface area is 171 Å². The van der Waals surface area contributed by atoms with Crippen LogP contribution >= 0.6 is 23.2 Å². The van der Waals surface area contributed by atoms with Crippen molar-refractivity contribution in [1.29, 1.82) is 0 Å². The highest BCUT2D eigenvalue weighted by Gasteiger charge is 2.13. The maximum absolute atomic E-state index is 6.29. The number of fused-ring (bicyclic) bond motifs is 1. The van der Waals surface area contributed by atoms with Crippen molar-refractivity contribution in [2.24, 2.45) is 0 Å². The number of aryl methyl sites for hydroxylation is 1.